The van der Waals surface area contributed by atoms with E-state index in [1.165, 1.54) is 12.8 Å². The number of ether oxygens (including phenoxy) is 1. The highest BCUT2D eigenvalue weighted by molar-refractivity contribution is 5.26. The lowest BCUT2D eigenvalue weighted by Gasteiger charge is -2.49. The second-order valence-electron chi connectivity index (χ2n) is 6.25. The molecular formula is C15H27N5O. The van der Waals surface area contributed by atoms with Crippen molar-refractivity contribution in [1.82, 2.24) is 20.3 Å². The van der Waals surface area contributed by atoms with E-state index in [1.54, 1.807) is 19.5 Å². The summed E-state index contributed by atoms with van der Waals surface area (Å²) in [5.74, 6) is 7.14. The normalized spacial score (nSPS) is 27.6. The van der Waals surface area contributed by atoms with Gasteiger partial charge in [-0.2, -0.15) is 0 Å². The average Bonchev–Trinajstić information content (AvgIpc) is 2.48. The predicted molar refractivity (Wildman–Crippen MR) is 82.7 cm³/mol. The van der Waals surface area contributed by atoms with Gasteiger partial charge in [-0.05, 0) is 32.9 Å². The molecule has 0 aromatic carbocycles. The number of rotatable bonds is 5. The summed E-state index contributed by atoms with van der Waals surface area (Å²) >= 11 is 0. The highest BCUT2D eigenvalue weighted by Crippen LogP contribution is 2.44. The summed E-state index contributed by atoms with van der Waals surface area (Å²) in [6.07, 6.45) is 7.96. The van der Waals surface area contributed by atoms with Crippen LogP contribution in [0.2, 0.25) is 0 Å². The maximum atomic E-state index is 5.93. The Bertz CT molecular complexity index is 467. The van der Waals surface area contributed by atoms with Gasteiger partial charge in [0.25, 0.3) is 0 Å². The molecule has 1 heterocycles. The molecule has 1 aromatic rings. The lowest BCUT2D eigenvalue weighted by Crippen LogP contribution is -2.57. The molecule has 6 nitrogen and oxygen atoms in total. The van der Waals surface area contributed by atoms with Gasteiger partial charge in [-0.15, -0.1) is 0 Å². The molecule has 1 saturated carbocycles. The van der Waals surface area contributed by atoms with E-state index in [-0.39, 0.29) is 11.6 Å². The fourth-order valence-corrected chi connectivity index (χ4v) is 3.67. The Kier molecular flexibility index (Phi) is 5.13. The Hall–Kier alpha value is -1.24. The van der Waals surface area contributed by atoms with E-state index in [0.717, 1.165) is 18.5 Å². The first-order valence-electron chi connectivity index (χ1n) is 7.53. The number of nitrogens with one attached hydrogen (secondary N) is 1. The summed E-state index contributed by atoms with van der Waals surface area (Å²) in [4.78, 5) is 11.0. The van der Waals surface area contributed by atoms with Crippen molar-refractivity contribution in [3.05, 3.63) is 18.1 Å². The monoisotopic (exact) mass is 293 g/mol. The van der Waals surface area contributed by atoms with E-state index in [2.05, 4.69) is 41.3 Å². The molecule has 21 heavy (non-hydrogen) atoms. The van der Waals surface area contributed by atoms with Gasteiger partial charge in [0.15, 0.2) is 0 Å². The van der Waals surface area contributed by atoms with Crippen LogP contribution in [0.4, 0.5) is 0 Å². The van der Waals surface area contributed by atoms with Crippen molar-refractivity contribution >= 4 is 0 Å². The first-order valence-corrected chi connectivity index (χ1v) is 7.53. The van der Waals surface area contributed by atoms with Gasteiger partial charge in [-0.3, -0.25) is 10.8 Å². The molecule has 6 heteroatoms. The second-order valence-corrected chi connectivity index (χ2v) is 6.25. The molecule has 1 fully saturated rings. The van der Waals surface area contributed by atoms with Gasteiger partial charge in [0, 0.05) is 17.9 Å². The summed E-state index contributed by atoms with van der Waals surface area (Å²) in [7, 11) is 5.85. The second kappa shape index (κ2) is 6.68. The van der Waals surface area contributed by atoms with Crippen molar-refractivity contribution in [1.29, 1.82) is 0 Å². The van der Waals surface area contributed by atoms with Crippen LogP contribution in [0.1, 0.15) is 44.3 Å². The minimum Gasteiger partial charge on any atom is -0.480 e. The number of hydrogen-bond acceptors (Lipinski definition) is 6. The zero-order valence-electron chi connectivity index (χ0n) is 13.5. The Labute approximate surface area is 127 Å². The first kappa shape index (κ1) is 16.1. The highest BCUT2D eigenvalue weighted by atomic mass is 16.5. The summed E-state index contributed by atoms with van der Waals surface area (Å²) < 4.78 is 5.38. The molecule has 3 N–H and O–H groups in total. The summed E-state index contributed by atoms with van der Waals surface area (Å²) in [5.41, 5.74) is 3.69. The topological polar surface area (TPSA) is 76.3 Å². The third-order valence-electron chi connectivity index (χ3n) is 4.76. The third kappa shape index (κ3) is 3.02. The van der Waals surface area contributed by atoms with Gasteiger partial charge in [-0.25, -0.2) is 10.4 Å². The molecule has 0 spiro atoms. The fourth-order valence-electron chi connectivity index (χ4n) is 3.67. The first-order chi connectivity index (χ1) is 10.0. The molecule has 1 aliphatic carbocycles. The maximum Gasteiger partial charge on any atom is 0.237 e. The standard InChI is InChI=1S/C15H27N5O/c1-11-6-5-7-15(10-11,20(2)3)13(19-16)12-14(21-4)18-9-8-17-12/h8-9,11,13,19H,5-7,10,16H2,1-4H3. The molecule has 0 saturated heterocycles. The van der Waals surface area contributed by atoms with Crippen molar-refractivity contribution in [3.8, 4) is 5.88 Å². The van der Waals surface area contributed by atoms with E-state index in [9.17, 15) is 0 Å². The van der Waals surface area contributed by atoms with Crippen molar-refractivity contribution < 1.29 is 4.74 Å². The van der Waals surface area contributed by atoms with E-state index in [0.29, 0.717) is 11.8 Å². The van der Waals surface area contributed by atoms with Crippen molar-refractivity contribution in [2.45, 2.75) is 44.2 Å². The van der Waals surface area contributed by atoms with Crippen LogP contribution in [0, 0.1) is 5.92 Å². The minimum absolute atomic E-state index is 0.0737. The number of hydrogen-bond donors (Lipinski definition) is 2. The fraction of sp³-hybridized carbons (Fsp3) is 0.733. The summed E-state index contributed by atoms with van der Waals surface area (Å²) in [5, 5.41) is 0. The average molecular weight is 293 g/mol. The predicted octanol–water partition coefficient (Wildman–Crippen LogP) is 1.50. The maximum absolute atomic E-state index is 5.93. The molecule has 1 aliphatic rings. The van der Waals surface area contributed by atoms with Crippen LogP contribution in [0.25, 0.3) is 0 Å². The Morgan fingerprint density at radius 2 is 2.14 bits per heavy atom. The largest absolute Gasteiger partial charge is 0.480 e. The van der Waals surface area contributed by atoms with E-state index < -0.39 is 0 Å². The van der Waals surface area contributed by atoms with Gasteiger partial charge in [0.2, 0.25) is 5.88 Å². The molecule has 0 aliphatic heterocycles. The smallest absolute Gasteiger partial charge is 0.237 e. The van der Waals surface area contributed by atoms with Crippen LogP contribution >= 0.6 is 0 Å². The van der Waals surface area contributed by atoms with Crippen LogP contribution in [-0.4, -0.2) is 41.6 Å². The van der Waals surface area contributed by atoms with Crippen LogP contribution < -0.4 is 16.0 Å². The quantitative estimate of drug-likeness (QED) is 0.633. The van der Waals surface area contributed by atoms with Crippen molar-refractivity contribution in [3.63, 3.8) is 0 Å². The lowest BCUT2D eigenvalue weighted by molar-refractivity contribution is 0.0341. The molecule has 3 unspecified atom stereocenters. The van der Waals surface area contributed by atoms with Crippen molar-refractivity contribution in [2.24, 2.45) is 11.8 Å². The van der Waals surface area contributed by atoms with Gasteiger partial charge < -0.3 is 9.64 Å². The summed E-state index contributed by atoms with van der Waals surface area (Å²) in [6.45, 7) is 2.30. The van der Waals surface area contributed by atoms with E-state index >= 15 is 0 Å². The number of likely N-dealkylation sites (N-methyl/N-ethyl adjacent to an activating group) is 1. The number of hydrazine groups is 1. The van der Waals surface area contributed by atoms with Crippen LogP contribution in [0.15, 0.2) is 12.4 Å². The van der Waals surface area contributed by atoms with Gasteiger partial charge in [0.1, 0.15) is 5.69 Å². The Morgan fingerprint density at radius 3 is 2.71 bits per heavy atom. The molecule has 0 bridgehead atoms. The zero-order valence-corrected chi connectivity index (χ0v) is 13.5. The zero-order chi connectivity index (χ0) is 15.5. The number of methoxy groups -OCH3 is 1. The van der Waals surface area contributed by atoms with E-state index in [1.807, 2.05) is 0 Å². The molecular weight excluding hydrogens is 266 g/mol. The van der Waals surface area contributed by atoms with Crippen LogP contribution in [0.5, 0.6) is 5.88 Å². The third-order valence-corrected chi connectivity index (χ3v) is 4.76. The number of aromatic nitrogens is 2. The lowest BCUT2D eigenvalue weighted by atomic mass is 9.70. The number of nitrogens with zero attached hydrogens (tertiary/aromatic N) is 3. The highest BCUT2D eigenvalue weighted by Gasteiger charge is 2.45. The van der Waals surface area contributed by atoms with Gasteiger partial charge in [0.05, 0.1) is 13.2 Å². The molecule has 2 rings (SSSR count). The van der Waals surface area contributed by atoms with Gasteiger partial charge in [-0.1, -0.05) is 19.8 Å². The van der Waals surface area contributed by atoms with Crippen molar-refractivity contribution in [2.75, 3.05) is 21.2 Å². The molecule has 0 radical (unpaired) electrons. The molecule has 1 aromatic heterocycles. The SMILES string of the molecule is COc1nccnc1C(NN)C1(N(C)C)CCCC(C)C1. The Morgan fingerprint density at radius 1 is 1.43 bits per heavy atom. The van der Waals surface area contributed by atoms with Crippen LogP contribution in [0.3, 0.4) is 0 Å². The van der Waals surface area contributed by atoms with E-state index in [4.69, 9.17) is 10.6 Å². The summed E-state index contributed by atoms with van der Waals surface area (Å²) in [6, 6.07) is -0.112. The minimum atomic E-state index is -0.112. The molecule has 0 amide bonds. The van der Waals surface area contributed by atoms with Crippen LogP contribution in [-0.2, 0) is 0 Å². The number of nitrogens with two attached hydrogens (primary N) is 1. The molecule has 118 valence electrons. The van der Waals surface area contributed by atoms with Gasteiger partial charge >= 0.3 is 0 Å². The Balaban J connectivity index is 2.45. The molecule has 3 atom stereocenters.